The lowest BCUT2D eigenvalue weighted by Gasteiger charge is -2.26. The lowest BCUT2D eigenvalue weighted by atomic mass is 9.85. The van der Waals surface area contributed by atoms with Gasteiger partial charge in [-0.25, -0.2) is 9.78 Å². The van der Waals surface area contributed by atoms with Crippen molar-refractivity contribution in [1.82, 2.24) is 10.3 Å². The second-order valence-corrected chi connectivity index (χ2v) is 4.28. The number of oxazole rings is 1. The van der Waals surface area contributed by atoms with Gasteiger partial charge >= 0.3 is 6.09 Å². The lowest BCUT2D eigenvalue weighted by Crippen LogP contribution is -2.36. The Bertz CT molecular complexity index is 367. The lowest BCUT2D eigenvalue weighted by molar-refractivity contribution is 0.184. The Balaban J connectivity index is 1.87. The van der Waals surface area contributed by atoms with Gasteiger partial charge in [-0.3, -0.25) is 0 Å². The molecule has 1 aromatic rings. The Morgan fingerprint density at radius 1 is 1.50 bits per heavy atom. The van der Waals surface area contributed by atoms with Crippen LogP contribution in [0.2, 0.25) is 0 Å². The van der Waals surface area contributed by atoms with Crippen LogP contribution >= 0.6 is 0 Å². The molecule has 1 amide bonds. The second-order valence-electron chi connectivity index (χ2n) is 4.28. The number of nitrogens with zero attached hydrogens (tertiary/aromatic N) is 1. The van der Waals surface area contributed by atoms with Crippen molar-refractivity contribution in [1.29, 1.82) is 0 Å². The molecule has 0 spiro atoms. The third-order valence-corrected chi connectivity index (χ3v) is 3.10. The number of amides is 1. The zero-order chi connectivity index (χ0) is 11.5. The number of carbonyl (C=O) groups is 1. The topological polar surface area (TPSA) is 75.4 Å². The van der Waals surface area contributed by atoms with Gasteiger partial charge in [0.05, 0.1) is 6.20 Å². The maximum atomic E-state index is 10.5. The minimum absolute atomic E-state index is 0.0952. The molecule has 0 saturated heterocycles. The zero-order valence-electron chi connectivity index (χ0n) is 9.27. The molecule has 1 aliphatic carbocycles. The average molecular weight is 224 g/mol. The van der Waals surface area contributed by atoms with Gasteiger partial charge in [-0.1, -0.05) is 0 Å². The van der Waals surface area contributed by atoms with E-state index in [1.54, 1.807) is 6.20 Å². The van der Waals surface area contributed by atoms with Crippen molar-refractivity contribution in [2.24, 2.45) is 0 Å². The molecule has 2 N–H and O–H groups in total. The van der Waals surface area contributed by atoms with Gasteiger partial charge in [0.2, 0.25) is 0 Å². The van der Waals surface area contributed by atoms with Gasteiger partial charge < -0.3 is 14.8 Å². The van der Waals surface area contributed by atoms with E-state index in [0.29, 0.717) is 11.8 Å². The summed E-state index contributed by atoms with van der Waals surface area (Å²) in [5.74, 6) is 2.03. The fraction of sp³-hybridized carbons (Fsp3) is 0.636. The van der Waals surface area contributed by atoms with E-state index in [0.717, 1.165) is 31.4 Å². The van der Waals surface area contributed by atoms with E-state index in [4.69, 9.17) is 9.52 Å². The first-order chi connectivity index (χ1) is 7.65. The number of aromatic nitrogens is 1. The molecule has 2 rings (SSSR count). The van der Waals surface area contributed by atoms with E-state index in [1.807, 2.05) is 6.92 Å². The molecule has 1 saturated carbocycles. The molecule has 5 heteroatoms. The van der Waals surface area contributed by atoms with Crippen LogP contribution in [0.5, 0.6) is 0 Å². The molecule has 1 aromatic heterocycles. The number of aryl methyl sites for hydroxylation is 1. The van der Waals surface area contributed by atoms with Crippen molar-refractivity contribution in [2.45, 2.75) is 44.6 Å². The minimum atomic E-state index is -0.932. The van der Waals surface area contributed by atoms with Crippen LogP contribution in [-0.2, 0) is 0 Å². The Kier molecular flexibility index (Phi) is 3.12. The number of hydrogen-bond donors (Lipinski definition) is 2. The fourth-order valence-electron chi connectivity index (χ4n) is 2.26. The molecule has 0 aliphatic heterocycles. The first kappa shape index (κ1) is 11.0. The molecule has 16 heavy (non-hydrogen) atoms. The molecule has 0 aromatic carbocycles. The third kappa shape index (κ3) is 2.53. The van der Waals surface area contributed by atoms with Crippen LogP contribution in [0.15, 0.2) is 10.6 Å². The normalized spacial score (nSPS) is 25.3. The van der Waals surface area contributed by atoms with E-state index in [-0.39, 0.29) is 6.04 Å². The summed E-state index contributed by atoms with van der Waals surface area (Å²) in [7, 11) is 0. The average Bonchev–Trinajstić information content (AvgIpc) is 2.65. The monoisotopic (exact) mass is 224 g/mol. The highest BCUT2D eigenvalue weighted by Crippen LogP contribution is 2.33. The molecule has 1 aliphatic rings. The molecule has 1 fully saturated rings. The highest BCUT2D eigenvalue weighted by molar-refractivity contribution is 5.64. The van der Waals surface area contributed by atoms with Crippen LogP contribution in [-0.4, -0.2) is 22.2 Å². The SMILES string of the molecule is Cc1ncc(C2CCC(NC(=O)O)CC2)o1. The molecular weight excluding hydrogens is 208 g/mol. The highest BCUT2D eigenvalue weighted by atomic mass is 16.4. The van der Waals surface area contributed by atoms with Crippen LogP contribution in [0.3, 0.4) is 0 Å². The van der Waals surface area contributed by atoms with E-state index in [2.05, 4.69) is 10.3 Å². The summed E-state index contributed by atoms with van der Waals surface area (Å²) < 4.78 is 5.49. The first-order valence-electron chi connectivity index (χ1n) is 5.57. The standard InChI is InChI=1S/C11H16N2O3/c1-7-12-6-10(16-7)8-2-4-9(5-3-8)13-11(14)15/h6,8-9,13H,2-5H2,1H3,(H,14,15). The smallest absolute Gasteiger partial charge is 0.404 e. The quantitative estimate of drug-likeness (QED) is 0.808. The van der Waals surface area contributed by atoms with E-state index in [1.165, 1.54) is 0 Å². The largest absolute Gasteiger partial charge is 0.465 e. The Morgan fingerprint density at radius 2 is 2.19 bits per heavy atom. The Hall–Kier alpha value is -1.52. The molecule has 0 atom stereocenters. The van der Waals surface area contributed by atoms with Gasteiger partial charge in [0.1, 0.15) is 5.76 Å². The summed E-state index contributed by atoms with van der Waals surface area (Å²) in [6, 6.07) is 0.0952. The molecule has 88 valence electrons. The number of nitrogens with one attached hydrogen (secondary N) is 1. The van der Waals surface area contributed by atoms with Crippen molar-refractivity contribution in [2.75, 3.05) is 0 Å². The first-order valence-corrected chi connectivity index (χ1v) is 5.57. The van der Waals surface area contributed by atoms with Crippen molar-refractivity contribution in [3.63, 3.8) is 0 Å². The number of carboxylic acid groups (broad SMARTS) is 1. The van der Waals surface area contributed by atoms with Crippen LogP contribution in [0, 0.1) is 6.92 Å². The molecule has 0 unspecified atom stereocenters. The summed E-state index contributed by atoms with van der Waals surface area (Å²) in [4.78, 5) is 14.6. The van der Waals surface area contributed by atoms with Gasteiger partial charge in [0.25, 0.3) is 0 Å². The van der Waals surface area contributed by atoms with Crippen molar-refractivity contribution in [3.05, 3.63) is 17.8 Å². The van der Waals surface area contributed by atoms with Crippen molar-refractivity contribution in [3.8, 4) is 0 Å². The van der Waals surface area contributed by atoms with Gasteiger partial charge in [-0.15, -0.1) is 0 Å². The predicted molar refractivity (Wildman–Crippen MR) is 57.4 cm³/mol. The predicted octanol–water partition coefficient (Wildman–Crippen LogP) is 2.28. The maximum Gasteiger partial charge on any atom is 0.404 e. The molecule has 1 heterocycles. The second kappa shape index (κ2) is 4.55. The highest BCUT2D eigenvalue weighted by Gasteiger charge is 2.25. The van der Waals surface area contributed by atoms with Crippen molar-refractivity contribution < 1.29 is 14.3 Å². The van der Waals surface area contributed by atoms with E-state index >= 15 is 0 Å². The fourth-order valence-corrected chi connectivity index (χ4v) is 2.26. The number of hydrogen-bond acceptors (Lipinski definition) is 3. The van der Waals surface area contributed by atoms with Crippen LogP contribution in [0.25, 0.3) is 0 Å². The van der Waals surface area contributed by atoms with Crippen molar-refractivity contribution >= 4 is 6.09 Å². The van der Waals surface area contributed by atoms with E-state index < -0.39 is 6.09 Å². The van der Waals surface area contributed by atoms with Gasteiger partial charge in [-0.2, -0.15) is 0 Å². The molecular formula is C11H16N2O3. The van der Waals surface area contributed by atoms with E-state index in [9.17, 15) is 4.79 Å². The van der Waals surface area contributed by atoms with Gasteiger partial charge in [0, 0.05) is 18.9 Å². The van der Waals surface area contributed by atoms with Crippen LogP contribution in [0.4, 0.5) is 4.79 Å². The minimum Gasteiger partial charge on any atom is -0.465 e. The Morgan fingerprint density at radius 3 is 2.69 bits per heavy atom. The summed E-state index contributed by atoms with van der Waals surface area (Å²) in [5, 5.41) is 11.1. The molecule has 0 bridgehead atoms. The molecule has 5 nitrogen and oxygen atoms in total. The van der Waals surface area contributed by atoms with Gasteiger partial charge in [-0.05, 0) is 25.7 Å². The van der Waals surface area contributed by atoms with Crippen LogP contribution in [0.1, 0.15) is 43.3 Å². The van der Waals surface area contributed by atoms with Crippen LogP contribution < -0.4 is 5.32 Å². The summed E-state index contributed by atoms with van der Waals surface area (Å²) in [5.41, 5.74) is 0. The maximum absolute atomic E-state index is 10.5. The third-order valence-electron chi connectivity index (χ3n) is 3.10. The summed E-state index contributed by atoms with van der Waals surface area (Å²) in [6.07, 6.45) is 4.51. The van der Waals surface area contributed by atoms with Gasteiger partial charge in [0.15, 0.2) is 5.89 Å². The number of rotatable bonds is 2. The summed E-state index contributed by atoms with van der Waals surface area (Å²) in [6.45, 7) is 1.83. The zero-order valence-corrected chi connectivity index (χ0v) is 9.27. The summed E-state index contributed by atoms with van der Waals surface area (Å²) >= 11 is 0. The molecule has 0 radical (unpaired) electrons. The Labute approximate surface area is 93.9 Å².